The van der Waals surface area contributed by atoms with Crippen LogP contribution in [0.2, 0.25) is 0 Å². The predicted octanol–water partition coefficient (Wildman–Crippen LogP) is 2.60. The first-order valence-corrected chi connectivity index (χ1v) is 8.80. The number of carbonyl (C=O) groups is 1. The van der Waals surface area contributed by atoms with Crippen LogP contribution in [0.4, 0.5) is 5.82 Å². The summed E-state index contributed by atoms with van der Waals surface area (Å²) >= 11 is 0. The Morgan fingerprint density at radius 3 is 2.64 bits per heavy atom. The van der Waals surface area contributed by atoms with Gasteiger partial charge < -0.3 is 10.2 Å². The van der Waals surface area contributed by atoms with Gasteiger partial charge in [-0.25, -0.2) is 4.98 Å². The normalized spacial score (nSPS) is 18.2. The summed E-state index contributed by atoms with van der Waals surface area (Å²) in [5.41, 5.74) is 2.15. The Bertz CT molecular complexity index is 699. The highest BCUT2D eigenvalue weighted by atomic mass is 16.2. The number of hydrogen-bond acceptors (Lipinski definition) is 4. The highest BCUT2D eigenvalue weighted by molar-refractivity contribution is 5.83. The van der Waals surface area contributed by atoms with Crippen molar-refractivity contribution in [1.82, 2.24) is 15.2 Å². The van der Waals surface area contributed by atoms with Crippen molar-refractivity contribution >= 4 is 11.7 Å². The van der Waals surface area contributed by atoms with E-state index in [4.69, 9.17) is 0 Å². The first-order valence-electron chi connectivity index (χ1n) is 8.80. The third-order valence-corrected chi connectivity index (χ3v) is 4.76. The summed E-state index contributed by atoms with van der Waals surface area (Å²) in [4.78, 5) is 21.4. The highest BCUT2D eigenvalue weighted by Gasteiger charge is 2.30. The molecule has 5 nitrogen and oxygen atoms in total. The maximum absolute atomic E-state index is 12.4. The summed E-state index contributed by atoms with van der Waals surface area (Å²) in [6.45, 7) is 6.52. The van der Waals surface area contributed by atoms with Crippen LogP contribution in [0, 0.1) is 0 Å². The Morgan fingerprint density at radius 2 is 2.00 bits per heavy atom. The van der Waals surface area contributed by atoms with Crippen molar-refractivity contribution in [2.24, 2.45) is 0 Å². The number of carbonyl (C=O) groups excluding carboxylic acids is 1. The van der Waals surface area contributed by atoms with Gasteiger partial charge >= 0.3 is 0 Å². The second kappa shape index (κ2) is 7.66. The molecule has 1 saturated heterocycles. The van der Waals surface area contributed by atoms with Crippen LogP contribution in [-0.2, 0) is 11.3 Å². The molecule has 1 aliphatic rings. The monoisotopic (exact) mass is 338 g/mol. The van der Waals surface area contributed by atoms with Gasteiger partial charge in [0.25, 0.3) is 0 Å². The largest absolute Gasteiger partial charge is 0.357 e. The number of piperazine rings is 1. The van der Waals surface area contributed by atoms with Crippen molar-refractivity contribution < 1.29 is 4.79 Å². The quantitative estimate of drug-likeness (QED) is 0.910. The summed E-state index contributed by atoms with van der Waals surface area (Å²) in [5.74, 6) is 1.04. The zero-order valence-electron chi connectivity index (χ0n) is 15.1. The zero-order chi connectivity index (χ0) is 17.8. The molecule has 132 valence electrons. The molecule has 2 heterocycles. The molecule has 2 aromatic rings. The van der Waals surface area contributed by atoms with Crippen LogP contribution in [0.1, 0.15) is 31.0 Å². The van der Waals surface area contributed by atoms with Crippen LogP contribution < -0.4 is 10.2 Å². The van der Waals surface area contributed by atoms with Crippen LogP contribution in [0.3, 0.4) is 0 Å². The number of aromatic nitrogens is 1. The fourth-order valence-corrected chi connectivity index (χ4v) is 3.10. The Labute approximate surface area is 149 Å². The summed E-state index contributed by atoms with van der Waals surface area (Å²) < 4.78 is 0. The first kappa shape index (κ1) is 17.4. The summed E-state index contributed by atoms with van der Waals surface area (Å²) in [6.07, 6.45) is 1.92. The Morgan fingerprint density at radius 1 is 1.24 bits per heavy atom. The van der Waals surface area contributed by atoms with Gasteiger partial charge in [0.1, 0.15) is 11.9 Å². The average Bonchev–Trinajstić information content (AvgIpc) is 2.62. The van der Waals surface area contributed by atoms with Gasteiger partial charge in [0.2, 0.25) is 5.91 Å². The fraction of sp³-hybridized carbons (Fsp3) is 0.400. The zero-order valence-corrected chi connectivity index (χ0v) is 15.1. The second-order valence-electron chi connectivity index (χ2n) is 6.80. The third kappa shape index (κ3) is 3.99. The van der Waals surface area contributed by atoms with Crippen molar-refractivity contribution in [3.8, 4) is 0 Å². The fourth-order valence-electron chi connectivity index (χ4n) is 3.10. The van der Waals surface area contributed by atoms with Crippen LogP contribution in [0.15, 0.2) is 48.7 Å². The molecular formula is C20H26N4O. The number of anilines is 1. The molecule has 1 atom stereocenters. The predicted molar refractivity (Wildman–Crippen MR) is 100 cm³/mol. The number of nitrogens with zero attached hydrogens (tertiary/aromatic N) is 3. The topological polar surface area (TPSA) is 48.5 Å². The first-order chi connectivity index (χ1) is 12.1. The van der Waals surface area contributed by atoms with E-state index in [0.717, 1.165) is 23.5 Å². The van der Waals surface area contributed by atoms with E-state index in [-0.39, 0.29) is 11.9 Å². The van der Waals surface area contributed by atoms with E-state index in [1.54, 1.807) is 0 Å². The molecule has 1 aliphatic heterocycles. The van der Waals surface area contributed by atoms with Gasteiger partial charge in [-0.3, -0.25) is 9.69 Å². The number of benzene rings is 1. The van der Waals surface area contributed by atoms with E-state index >= 15 is 0 Å². The molecule has 3 rings (SSSR count). The Balaban J connectivity index is 1.77. The molecule has 0 unspecified atom stereocenters. The minimum absolute atomic E-state index is 0.0709. The molecule has 0 bridgehead atoms. The lowest BCUT2D eigenvalue weighted by molar-refractivity contribution is -0.129. The van der Waals surface area contributed by atoms with E-state index in [2.05, 4.69) is 46.1 Å². The molecule has 1 aromatic carbocycles. The minimum Gasteiger partial charge on any atom is -0.357 e. The molecule has 25 heavy (non-hydrogen) atoms. The molecule has 1 amide bonds. The van der Waals surface area contributed by atoms with E-state index < -0.39 is 0 Å². The van der Waals surface area contributed by atoms with Crippen LogP contribution >= 0.6 is 0 Å². The van der Waals surface area contributed by atoms with E-state index in [1.807, 2.05) is 43.6 Å². The molecule has 0 spiro atoms. The van der Waals surface area contributed by atoms with Crippen molar-refractivity contribution in [3.63, 3.8) is 0 Å². The van der Waals surface area contributed by atoms with E-state index in [1.165, 1.54) is 0 Å². The SMILES string of the molecule is CC(C)N(C)c1ccc(CN2CCNC(=O)[C@H]2c2ccccc2)cn1. The molecule has 1 fully saturated rings. The molecular weight excluding hydrogens is 312 g/mol. The van der Waals surface area contributed by atoms with Gasteiger partial charge in [0, 0.05) is 38.9 Å². The van der Waals surface area contributed by atoms with Crippen molar-refractivity contribution in [1.29, 1.82) is 0 Å². The molecule has 1 N–H and O–H groups in total. The second-order valence-corrected chi connectivity index (χ2v) is 6.80. The standard InChI is InChI=1S/C20H26N4O/c1-15(2)23(3)18-10-9-16(13-22-18)14-24-12-11-21-20(25)19(24)17-7-5-4-6-8-17/h4-10,13,15,19H,11-12,14H2,1-3H3,(H,21,25)/t19-/m1/s1. The smallest absolute Gasteiger partial charge is 0.242 e. The lowest BCUT2D eigenvalue weighted by Gasteiger charge is -2.35. The van der Waals surface area contributed by atoms with Gasteiger partial charge in [-0.2, -0.15) is 0 Å². The van der Waals surface area contributed by atoms with Crippen molar-refractivity contribution in [2.45, 2.75) is 32.5 Å². The van der Waals surface area contributed by atoms with Gasteiger partial charge in [-0.1, -0.05) is 36.4 Å². The average molecular weight is 338 g/mol. The molecule has 0 saturated carbocycles. The van der Waals surface area contributed by atoms with Gasteiger partial charge in [-0.15, -0.1) is 0 Å². The molecule has 1 aromatic heterocycles. The number of rotatable bonds is 5. The molecule has 0 radical (unpaired) electrons. The lowest BCUT2D eigenvalue weighted by Crippen LogP contribution is -2.49. The van der Waals surface area contributed by atoms with Gasteiger partial charge in [0.15, 0.2) is 0 Å². The Hall–Kier alpha value is -2.40. The van der Waals surface area contributed by atoms with Gasteiger partial charge in [-0.05, 0) is 31.0 Å². The lowest BCUT2D eigenvalue weighted by atomic mass is 10.0. The maximum atomic E-state index is 12.4. The third-order valence-electron chi connectivity index (χ3n) is 4.76. The van der Waals surface area contributed by atoms with Crippen LogP contribution in [-0.4, -0.2) is 42.0 Å². The Kier molecular flexibility index (Phi) is 5.34. The number of pyridine rings is 1. The number of hydrogen-bond donors (Lipinski definition) is 1. The summed E-state index contributed by atoms with van der Waals surface area (Å²) in [5, 5.41) is 2.98. The van der Waals surface area contributed by atoms with E-state index in [0.29, 0.717) is 19.1 Å². The van der Waals surface area contributed by atoms with Crippen molar-refractivity contribution in [3.05, 3.63) is 59.8 Å². The summed E-state index contributed by atoms with van der Waals surface area (Å²) in [7, 11) is 2.05. The van der Waals surface area contributed by atoms with Crippen LogP contribution in [0.5, 0.6) is 0 Å². The molecule has 0 aliphatic carbocycles. The van der Waals surface area contributed by atoms with Crippen LogP contribution in [0.25, 0.3) is 0 Å². The highest BCUT2D eigenvalue weighted by Crippen LogP contribution is 2.25. The van der Waals surface area contributed by atoms with E-state index in [9.17, 15) is 4.79 Å². The molecule has 5 heteroatoms. The number of amides is 1. The number of nitrogens with one attached hydrogen (secondary N) is 1. The maximum Gasteiger partial charge on any atom is 0.242 e. The van der Waals surface area contributed by atoms with Gasteiger partial charge in [0.05, 0.1) is 0 Å². The summed E-state index contributed by atoms with van der Waals surface area (Å²) in [6, 6.07) is 14.3. The van der Waals surface area contributed by atoms with Crippen molar-refractivity contribution in [2.75, 3.05) is 25.0 Å². The minimum atomic E-state index is -0.243.